The summed E-state index contributed by atoms with van der Waals surface area (Å²) in [4.78, 5) is 44.7. The number of likely N-dealkylation sites (tertiary alicyclic amines) is 1. The number of rotatable bonds is 12. The predicted molar refractivity (Wildman–Crippen MR) is 176 cm³/mol. The van der Waals surface area contributed by atoms with Gasteiger partial charge in [-0.1, -0.05) is 26.8 Å². The average molecular weight is 648 g/mol. The molecule has 1 aromatic carbocycles. The fourth-order valence-corrected chi connectivity index (χ4v) is 6.17. The smallest absolute Gasteiger partial charge is 0.306 e. The molecule has 3 aromatic heterocycles. The number of carbonyl (C=O) groups is 2. The van der Waals surface area contributed by atoms with Gasteiger partial charge < -0.3 is 19.5 Å². The van der Waals surface area contributed by atoms with Gasteiger partial charge in [0.15, 0.2) is 11.6 Å². The summed E-state index contributed by atoms with van der Waals surface area (Å²) in [5, 5.41) is 3.01. The number of fused-ring (bicyclic) bond motifs is 1. The molecule has 0 radical (unpaired) electrons. The van der Waals surface area contributed by atoms with Crippen LogP contribution in [0.25, 0.3) is 22.3 Å². The summed E-state index contributed by atoms with van der Waals surface area (Å²) in [7, 11) is 0. The van der Waals surface area contributed by atoms with Crippen LogP contribution in [0.15, 0.2) is 36.7 Å². The maximum absolute atomic E-state index is 15.1. The number of hydrogen-bond acceptors (Lipinski definition) is 9. The number of pyridine rings is 1. The van der Waals surface area contributed by atoms with Crippen molar-refractivity contribution in [3.63, 3.8) is 0 Å². The minimum absolute atomic E-state index is 0.0255. The van der Waals surface area contributed by atoms with Gasteiger partial charge in [0.25, 0.3) is 0 Å². The van der Waals surface area contributed by atoms with Crippen LogP contribution in [0.2, 0.25) is 0 Å². The van der Waals surface area contributed by atoms with Gasteiger partial charge in [0.05, 0.1) is 18.1 Å². The second-order valence-electron chi connectivity index (χ2n) is 12.7. The highest BCUT2D eigenvalue weighted by atomic mass is 19.1. The predicted octanol–water partition coefficient (Wildman–Crippen LogP) is 7.12. The SMILES string of the molecule is CCN1CCC([C@@H](OC(=O)CCC(=O)C(C)C)c2ccc(Nc3ncc(F)c(-c4cc(F)c5nc(C)n(C(C)C)c5c4)n3)nc2)CC1. The molecule has 0 unspecified atom stereocenters. The molecule has 1 saturated heterocycles. The number of ketones is 1. The Morgan fingerprint density at radius 3 is 2.38 bits per heavy atom. The van der Waals surface area contributed by atoms with Crippen LogP contribution in [-0.4, -0.2) is 60.8 Å². The summed E-state index contributed by atoms with van der Waals surface area (Å²) in [5.74, 6) is -0.513. The van der Waals surface area contributed by atoms with E-state index in [4.69, 9.17) is 4.74 Å². The molecular weight excluding hydrogens is 604 g/mol. The molecule has 1 fully saturated rings. The number of nitrogens with zero attached hydrogens (tertiary/aromatic N) is 6. The highest BCUT2D eigenvalue weighted by Crippen LogP contribution is 2.35. The summed E-state index contributed by atoms with van der Waals surface area (Å²) < 4.78 is 38.0. The van der Waals surface area contributed by atoms with Gasteiger partial charge in [-0.25, -0.2) is 28.7 Å². The first-order valence-electron chi connectivity index (χ1n) is 16.3. The molecule has 0 saturated carbocycles. The first kappa shape index (κ1) is 34.0. The number of benzene rings is 1. The maximum Gasteiger partial charge on any atom is 0.306 e. The zero-order valence-electron chi connectivity index (χ0n) is 27.9. The molecule has 0 spiro atoms. The summed E-state index contributed by atoms with van der Waals surface area (Å²) in [6.07, 6.45) is 4.11. The van der Waals surface area contributed by atoms with E-state index in [0.717, 1.165) is 44.2 Å². The Labute approximate surface area is 274 Å². The van der Waals surface area contributed by atoms with Gasteiger partial charge in [-0.05, 0) is 71.4 Å². The van der Waals surface area contributed by atoms with E-state index >= 15 is 8.78 Å². The first-order chi connectivity index (χ1) is 22.4. The second kappa shape index (κ2) is 14.6. The molecular formula is C35H43F2N7O3. The average Bonchev–Trinajstić information content (AvgIpc) is 3.40. The minimum atomic E-state index is -0.696. The van der Waals surface area contributed by atoms with Gasteiger partial charge in [-0.15, -0.1) is 0 Å². The van der Waals surface area contributed by atoms with Crippen LogP contribution in [-0.2, 0) is 14.3 Å². The molecule has 1 aliphatic rings. The number of aryl methyl sites for hydroxylation is 1. The van der Waals surface area contributed by atoms with Gasteiger partial charge in [0.2, 0.25) is 5.95 Å². The molecule has 1 N–H and O–H groups in total. The highest BCUT2D eigenvalue weighted by molar-refractivity contribution is 5.84. The van der Waals surface area contributed by atoms with E-state index in [1.165, 1.54) is 6.07 Å². The fourth-order valence-electron chi connectivity index (χ4n) is 6.17. The third-order valence-electron chi connectivity index (χ3n) is 8.80. The van der Waals surface area contributed by atoms with E-state index in [9.17, 15) is 9.59 Å². The quantitative estimate of drug-likeness (QED) is 0.161. The molecule has 0 bridgehead atoms. The molecule has 47 heavy (non-hydrogen) atoms. The molecule has 0 amide bonds. The van der Waals surface area contributed by atoms with Crippen LogP contribution in [0.3, 0.4) is 0 Å². The third-order valence-corrected chi connectivity index (χ3v) is 8.80. The van der Waals surface area contributed by atoms with Crippen molar-refractivity contribution in [1.82, 2.24) is 29.4 Å². The molecule has 250 valence electrons. The Kier molecular flexibility index (Phi) is 10.6. The van der Waals surface area contributed by atoms with Gasteiger partial charge in [0, 0.05) is 41.6 Å². The lowest BCUT2D eigenvalue weighted by Crippen LogP contribution is -2.36. The lowest BCUT2D eigenvalue weighted by molar-refractivity contribution is -0.154. The van der Waals surface area contributed by atoms with E-state index < -0.39 is 23.7 Å². The molecule has 10 nitrogen and oxygen atoms in total. The number of nitrogens with one attached hydrogen (secondary N) is 1. The van der Waals surface area contributed by atoms with Crippen LogP contribution in [0.5, 0.6) is 0 Å². The number of hydrogen-bond donors (Lipinski definition) is 1. The van der Waals surface area contributed by atoms with Crippen molar-refractivity contribution in [3.8, 4) is 11.3 Å². The molecule has 1 aliphatic heterocycles. The van der Waals surface area contributed by atoms with E-state index in [0.29, 0.717) is 17.2 Å². The summed E-state index contributed by atoms with van der Waals surface area (Å²) >= 11 is 0. The van der Waals surface area contributed by atoms with Crippen molar-refractivity contribution < 1.29 is 23.1 Å². The Bertz CT molecular complexity index is 1730. The third kappa shape index (κ3) is 7.81. The zero-order valence-corrected chi connectivity index (χ0v) is 27.9. The molecule has 1 atom stereocenters. The summed E-state index contributed by atoms with van der Waals surface area (Å²) in [5.41, 5.74) is 1.73. The number of ether oxygens (including phenoxy) is 1. The normalized spacial score (nSPS) is 15.0. The van der Waals surface area contributed by atoms with Crippen LogP contribution < -0.4 is 5.32 Å². The number of aromatic nitrogens is 5. The topological polar surface area (TPSA) is 115 Å². The Morgan fingerprint density at radius 1 is 1.00 bits per heavy atom. The Hall–Kier alpha value is -4.32. The molecule has 4 heterocycles. The highest BCUT2D eigenvalue weighted by Gasteiger charge is 2.31. The van der Waals surface area contributed by atoms with Crippen LogP contribution in [0.1, 0.15) is 83.8 Å². The monoisotopic (exact) mass is 647 g/mol. The van der Waals surface area contributed by atoms with Crippen molar-refractivity contribution >= 4 is 34.6 Å². The summed E-state index contributed by atoms with van der Waals surface area (Å²) in [6.45, 7) is 14.3. The second-order valence-corrected chi connectivity index (χ2v) is 12.7. The lowest BCUT2D eigenvalue weighted by Gasteiger charge is -2.35. The Balaban J connectivity index is 1.36. The molecule has 5 rings (SSSR count). The number of imidazole rings is 1. The number of Topliss-reactive ketones (excluding diaryl/α,β-unsaturated/α-hetero) is 1. The molecule has 0 aliphatic carbocycles. The van der Waals surface area contributed by atoms with Crippen LogP contribution >= 0.6 is 0 Å². The summed E-state index contributed by atoms with van der Waals surface area (Å²) in [6, 6.07) is 6.50. The number of carbonyl (C=O) groups excluding carboxylic acids is 2. The largest absolute Gasteiger partial charge is 0.457 e. The number of anilines is 2. The maximum atomic E-state index is 15.1. The van der Waals surface area contributed by atoms with Gasteiger partial charge in [-0.2, -0.15) is 0 Å². The van der Waals surface area contributed by atoms with E-state index in [-0.39, 0.29) is 59.2 Å². The van der Waals surface area contributed by atoms with Gasteiger partial charge in [-0.3, -0.25) is 9.59 Å². The lowest BCUT2D eigenvalue weighted by atomic mass is 9.87. The van der Waals surface area contributed by atoms with E-state index in [1.807, 2.05) is 45.3 Å². The standard InChI is InChI=1S/C35H43F2N7O3/c1-7-43-14-12-23(13-15-43)34(47-31(46)11-9-29(45)20(2)3)24-8-10-30(38-18-24)41-35-39-19-27(37)32(42-35)25-16-26(36)33-28(17-25)44(21(4)5)22(6)40-33/h8,10,16-21,23,34H,7,9,11-15H2,1-6H3,(H,38,39,41,42)/t34-/m1/s1. The number of halogens is 2. The van der Waals surface area contributed by atoms with Crippen LogP contribution in [0, 0.1) is 30.4 Å². The van der Waals surface area contributed by atoms with Gasteiger partial charge in [0.1, 0.15) is 34.7 Å². The number of esters is 1. The fraction of sp³-hybridized carbons (Fsp3) is 0.486. The Morgan fingerprint density at radius 2 is 1.74 bits per heavy atom. The van der Waals surface area contributed by atoms with E-state index in [2.05, 4.69) is 37.1 Å². The van der Waals surface area contributed by atoms with E-state index in [1.54, 1.807) is 18.3 Å². The van der Waals surface area contributed by atoms with Crippen molar-refractivity contribution in [1.29, 1.82) is 0 Å². The molecule has 4 aromatic rings. The molecule has 12 heteroatoms. The van der Waals surface area contributed by atoms with Gasteiger partial charge >= 0.3 is 5.97 Å². The first-order valence-corrected chi connectivity index (χ1v) is 16.3. The van der Waals surface area contributed by atoms with Crippen molar-refractivity contribution in [2.24, 2.45) is 11.8 Å². The minimum Gasteiger partial charge on any atom is -0.457 e. The van der Waals surface area contributed by atoms with Crippen molar-refractivity contribution in [3.05, 3.63) is 59.7 Å². The van der Waals surface area contributed by atoms with Crippen molar-refractivity contribution in [2.45, 2.75) is 79.4 Å². The van der Waals surface area contributed by atoms with Crippen molar-refractivity contribution in [2.75, 3.05) is 25.0 Å². The van der Waals surface area contributed by atoms with Crippen LogP contribution in [0.4, 0.5) is 20.5 Å². The zero-order chi connectivity index (χ0) is 33.8. The number of piperidine rings is 1.